The molecule has 0 aliphatic carbocycles. The third-order valence-electron chi connectivity index (χ3n) is 3.26. The zero-order chi connectivity index (χ0) is 18.2. The number of aliphatic hydroxyl groups excluding tert-OH is 1. The summed E-state index contributed by atoms with van der Waals surface area (Å²) in [4.78, 5) is 37.0. The highest BCUT2D eigenvalue weighted by molar-refractivity contribution is 6.06. The number of ether oxygens (including phenoxy) is 2. The summed E-state index contributed by atoms with van der Waals surface area (Å²) in [6.45, 7) is 9.15. The lowest BCUT2D eigenvalue weighted by atomic mass is 9.85. The van der Waals surface area contributed by atoms with Gasteiger partial charge in [-0.2, -0.15) is 0 Å². The Kier molecular flexibility index (Phi) is 5.13. The zero-order valence-electron chi connectivity index (χ0n) is 14.5. The molecule has 0 bridgehead atoms. The SMILES string of the molecule is CC(C)(C)OC(=O)[C@H]1C[C@@](CO)(C(=O)OC(C)(C)C)C(=O)N1N. The number of aliphatic hydroxyl groups is 1. The molecule has 1 heterocycles. The molecule has 1 saturated heterocycles. The average Bonchev–Trinajstić information content (AvgIpc) is 2.60. The van der Waals surface area contributed by atoms with Gasteiger partial charge in [0.25, 0.3) is 5.91 Å². The highest BCUT2D eigenvalue weighted by atomic mass is 16.6. The molecule has 1 aliphatic rings. The second-order valence-corrected chi connectivity index (χ2v) is 7.71. The topological polar surface area (TPSA) is 119 Å². The Labute approximate surface area is 135 Å². The van der Waals surface area contributed by atoms with Crippen molar-refractivity contribution in [3.63, 3.8) is 0 Å². The number of nitrogens with two attached hydrogens (primary N) is 1. The van der Waals surface area contributed by atoms with E-state index in [1.165, 1.54) is 0 Å². The molecule has 2 atom stereocenters. The van der Waals surface area contributed by atoms with Crippen LogP contribution in [0.4, 0.5) is 0 Å². The normalized spacial score (nSPS) is 25.5. The number of hydrogen-bond donors (Lipinski definition) is 2. The van der Waals surface area contributed by atoms with Crippen LogP contribution in [0.3, 0.4) is 0 Å². The molecule has 0 aromatic carbocycles. The van der Waals surface area contributed by atoms with Crippen molar-refractivity contribution in [2.75, 3.05) is 6.61 Å². The van der Waals surface area contributed by atoms with E-state index in [-0.39, 0.29) is 6.42 Å². The quantitative estimate of drug-likeness (QED) is 0.326. The van der Waals surface area contributed by atoms with Gasteiger partial charge < -0.3 is 14.6 Å². The van der Waals surface area contributed by atoms with E-state index in [9.17, 15) is 19.5 Å². The Bertz CT molecular complexity index is 505. The molecular formula is C15H26N2O6. The summed E-state index contributed by atoms with van der Waals surface area (Å²) >= 11 is 0. The van der Waals surface area contributed by atoms with Crippen molar-refractivity contribution in [1.29, 1.82) is 0 Å². The molecule has 1 amide bonds. The summed E-state index contributed by atoms with van der Waals surface area (Å²) in [6, 6.07) is -1.15. The fourth-order valence-corrected chi connectivity index (χ4v) is 2.21. The van der Waals surface area contributed by atoms with Gasteiger partial charge in [-0.3, -0.25) is 14.6 Å². The van der Waals surface area contributed by atoms with E-state index in [1.54, 1.807) is 41.5 Å². The van der Waals surface area contributed by atoms with E-state index in [0.29, 0.717) is 5.01 Å². The molecule has 1 rings (SSSR count). The number of amides is 1. The van der Waals surface area contributed by atoms with Crippen molar-refractivity contribution >= 4 is 17.8 Å². The number of rotatable bonds is 3. The van der Waals surface area contributed by atoms with E-state index in [2.05, 4.69) is 0 Å². The first-order chi connectivity index (χ1) is 10.2. The lowest BCUT2D eigenvalue weighted by Crippen LogP contribution is -2.49. The number of carbonyl (C=O) groups is 3. The minimum absolute atomic E-state index is 0.289. The van der Waals surface area contributed by atoms with Crippen LogP contribution in [0.25, 0.3) is 0 Å². The number of nitrogens with zero attached hydrogens (tertiary/aromatic N) is 1. The van der Waals surface area contributed by atoms with Gasteiger partial charge in [0, 0.05) is 6.42 Å². The molecule has 1 fully saturated rings. The number of esters is 2. The molecule has 0 spiro atoms. The Morgan fingerprint density at radius 1 is 1.22 bits per heavy atom. The zero-order valence-corrected chi connectivity index (χ0v) is 14.5. The van der Waals surface area contributed by atoms with Crippen LogP contribution in [-0.2, 0) is 23.9 Å². The minimum Gasteiger partial charge on any atom is -0.459 e. The van der Waals surface area contributed by atoms with E-state index in [4.69, 9.17) is 15.3 Å². The van der Waals surface area contributed by atoms with Gasteiger partial charge in [-0.25, -0.2) is 10.6 Å². The monoisotopic (exact) mass is 330 g/mol. The molecule has 0 aromatic heterocycles. The van der Waals surface area contributed by atoms with Crippen molar-refractivity contribution in [3.8, 4) is 0 Å². The lowest BCUT2D eigenvalue weighted by molar-refractivity contribution is -0.173. The summed E-state index contributed by atoms with van der Waals surface area (Å²) in [5, 5.41) is 10.3. The van der Waals surface area contributed by atoms with Crippen LogP contribution >= 0.6 is 0 Å². The summed E-state index contributed by atoms with van der Waals surface area (Å²) < 4.78 is 10.4. The molecule has 1 aliphatic heterocycles. The molecule has 0 saturated carbocycles. The van der Waals surface area contributed by atoms with E-state index >= 15 is 0 Å². The summed E-state index contributed by atoms with van der Waals surface area (Å²) in [6.07, 6.45) is -0.289. The van der Waals surface area contributed by atoms with Crippen molar-refractivity contribution in [1.82, 2.24) is 5.01 Å². The third-order valence-corrected chi connectivity index (χ3v) is 3.26. The van der Waals surface area contributed by atoms with Crippen LogP contribution in [0.1, 0.15) is 48.0 Å². The third kappa shape index (κ3) is 4.20. The molecule has 0 radical (unpaired) electrons. The fourth-order valence-electron chi connectivity index (χ4n) is 2.21. The molecule has 132 valence electrons. The lowest BCUT2D eigenvalue weighted by Gasteiger charge is -2.27. The Morgan fingerprint density at radius 2 is 1.70 bits per heavy atom. The van der Waals surface area contributed by atoms with Gasteiger partial charge >= 0.3 is 11.9 Å². The van der Waals surface area contributed by atoms with Crippen molar-refractivity contribution in [2.24, 2.45) is 11.3 Å². The summed E-state index contributed by atoms with van der Waals surface area (Å²) in [5.74, 6) is 3.17. The van der Waals surface area contributed by atoms with Crippen LogP contribution in [0.15, 0.2) is 0 Å². The summed E-state index contributed by atoms with van der Waals surface area (Å²) in [5.41, 5.74) is -3.50. The van der Waals surface area contributed by atoms with Gasteiger partial charge in [-0.1, -0.05) is 0 Å². The van der Waals surface area contributed by atoms with Gasteiger partial charge in [-0.15, -0.1) is 0 Å². The van der Waals surface area contributed by atoms with Crippen molar-refractivity contribution in [3.05, 3.63) is 0 Å². The average molecular weight is 330 g/mol. The van der Waals surface area contributed by atoms with Crippen LogP contribution in [0, 0.1) is 5.41 Å². The smallest absolute Gasteiger partial charge is 0.331 e. The van der Waals surface area contributed by atoms with Gasteiger partial charge in [0.15, 0.2) is 5.41 Å². The van der Waals surface area contributed by atoms with E-state index in [0.717, 1.165) is 0 Å². The predicted molar refractivity (Wildman–Crippen MR) is 80.6 cm³/mol. The maximum atomic E-state index is 12.4. The Hall–Kier alpha value is -1.67. The molecule has 8 nitrogen and oxygen atoms in total. The van der Waals surface area contributed by atoms with Gasteiger partial charge in [0.1, 0.15) is 17.2 Å². The molecule has 23 heavy (non-hydrogen) atoms. The second kappa shape index (κ2) is 6.09. The number of hydrazine groups is 1. The number of carbonyl (C=O) groups excluding carboxylic acids is 3. The first-order valence-electron chi connectivity index (χ1n) is 7.39. The summed E-state index contributed by atoms with van der Waals surface area (Å²) in [7, 11) is 0. The van der Waals surface area contributed by atoms with E-state index < -0.39 is 47.1 Å². The predicted octanol–water partition coefficient (Wildman–Crippen LogP) is 0.123. The van der Waals surface area contributed by atoms with E-state index in [1.807, 2.05) is 0 Å². The Morgan fingerprint density at radius 3 is 2.09 bits per heavy atom. The van der Waals surface area contributed by atoms with Crippen molar-refractivity contribution < 1.29 is 29.0 Å². The van der Waals surface area contributed by atoms with Crippen LogP contribution in [0.5, 0.6) is 0 Å². The molecule has 0 unspecified atom stereocenters. The minimum atomic E-state index is -1.89. The fraction of sp³-hybridized carbons (Fsp3) is 0.800. The standard InChI is InChI=1S/C15H26N2O6/c1-13(2,3)22-10(19)9-7-15(8-18,11(20)17(9)16)12(21)23-14(4,5)6/h9,18H,7-8,16H2,1-6H3/t9-,15+/m1/s1. The largest absolute Gasteiger partial charge is 0.459 e. The number of hydrogen-bond acceptors (Lipinski definition) is 7. The first kappa shape index (κ1) is 19.4. The first-order valence-corrected chi connectivity index (χ1v) is 7.39. The maximum absolute atomic E-state index is 12.4. The van der Waals surface area contributed by atoms with Crippen LogP contribution < -0.4 is 5.84 Å². The molecule has 8 heteroatoms. The molecular weight excluding hydrogens is 304 g/mol. The molecule has 3 N–H and O–H groups in total. The van der Waals surface area contributed by atoms with Gasteiger partial charge in [0.05, 0.1) is 6.61 Å². The van der Waals surface area contributed by atoms with Crippen LogP contribution in [0.2, 0.25) is 0 Å². The van der Waals surface area contributed by atoms with Crippen LogP contribution in [-0.4, -0.2) is 51.8 Å². The maximum Gasteiger partial charge on any atom is 0.331 e. The van der Waals surface area contributed by atoms with Crippen molar-refractivity contribution in [2.45, 2.75) is 65.2 Å². The Balaban J connectivity index is 3.07. The second-order valence-electron chi connectivity index (χ2n) is 7.71. The van der Waals surface area contributed by atoms with Gasteiger partial charge in [0.2, 0.25) is 0 Å². The molecule has 0 aromatic rings. The van der Waals surface area contributed by atoms with Gasteiger partial charge in [-0.05, 0) is 41.5 Å². The highest BCUT2D eigenvalue weighted by Gasteiger charge is 2.60. The highest BCUT2D eigenvalue weighted by Crippen LogP contribution is 2.37.